The second-order valence-corrected chi connectivity index (χ2v) is 10.1. The predicted molar refractivity (Wildman–Crippen MR) is 115 cm³/mol. The van der Waals surface area contributed by atoms with E-state index in [2.05, 4.69) is 26.2 Å². The maximum atomic E-state index is 12.7. The maximum Gasteiger partial charge on any atom is 0.258 e. The van der Waals surface area contributed by atoms with Crippen molar-refractivity contribution < 1.29 is 13.2 Å². The molecule has 8 heteroatoms. The molecule has 1 amide bonds. The number of carbonyl (C=O) groups is 1. The summed E-state index contributed by atoms with van der Waals surface area (Å²) in [6.07, 6.45) is 1.64. The lowest BCUT2D eigenvalue weighted by Crippen LogP contribution is -2.13. The normalized spacial score (nSPS) is 11.2. The van der Waals surface area contributed by atoms with Gasteiger partial charge in [-0.25, -0.2) is 13.4 Å². The molecule has 0 saturated heterocycles. The van der Waals surface area contributed by atoms with Gasteiger partial charge in [-0.1, -0.05) is 34.6 Å². The Kier molecular flexibility index (Phi) is 6.53. The maximum absolute atomic E-state index is 12.7. The Bertz CT molecular complexity index is 1080. The van der Waals surface area contributed by atoms with Crippen molar-refractivity contribution in [2.24, 2.45) is 0 Å². The number of amides is 1. The van der Waals surface area contributed by atoms with E-state index in [0.29, 0.717) is 16.3 Å². The molecule has 0 aliphatic carbocycles. The number of hydrogen-bond donors (Lipinski definition) is 1. The van der Waals surface area contributed by atoms with Crippen LogP contribution in [0.25, 0.3) is 0 Å². The van der Waals surface area contributed by atoms with Gasteiger partial charge in [0, 0.05) is 21.3 Å². The minimum Gasteiger partial charge on any atom is -0.322 e. The van der Waals surface area contributed by atoms with Crippen molar-refractivity contribution in [1.82, 2.24) is 4.98 Å². The number of rotatable bonds is 6. The number of nitrogens with one attached hydrogen (secondary N) is 1. The van der Waals surface area contributed by atoms with Crippen LogP contribution in [0.2, 0.25) is 0 Å². The number of sulfone groups is 1. The summed E-state index contributed by atoms with van der Waals surface area (Å²) in [6.45, 7) is 1.60. The number of aromatic nitrogens is 1. The molecule has 3 aromatic rings. The highest BCUT2D eigenvalue weighted by molar-refractivity contribution is 9.10. The van der Waals surface area contributed by atoms with Crippen LogP contribution in [0.3, 0.4) is 0 Å². The first-order chi connectivity index (χ1) is 13.4. The van der Waals surface area contributed by atoms with Gasteiger partial charge in [-0.2, -0.15) is 0 Å². The molecule has 0 radical (unpaired) electrons. The van der Waals surface area contributed by atoms with Crippen LogP contribution >= 0.6 is 27.7 Å². The first-order valence-electron chi connectivity index (χ1n) is 8.41. The van der Waals surface area contributed by atoms with Gasteiger partial charge >= 0.3 is 0 Å². The summed E-state index contributed by atoms with van der Waals surface area (Å²) >= 11 is 4.80. The van der Waals surface area contributed by atoms with Crippen LogP contribution in [0.15, 0.2) is 86.2 Å². The smallest absolute Gasteiger partial charge is 0.258 e. The van der Waals surface area contributed by atoms with E-state index in [1.807, 2.05) is 24.3 Å². The third-order valence-corrected chi connectivity index (χ3v) is 7.20. The molecule has 0 spiro atoms. The second-order valence-electron chi connectivity index (χ2n) is 5.79. The van der Waals surface area contributed by atoms with Crippen LogP contribution in [-0.2, 0) is 9.84 Å². The number of nitrogens with zero attached hydrogens (tertiary/aromatic N) is 1. The third kappa shape index (κ3) is 5.01. The fraction of sp³-hybridized carbons (Fsp3) is 0.100. The van der Waals surface area contributed by atoms with Crippen molar-refractivity contribution in [3.05, 3.63) is 76.9 Å². The average molecular weight is 477 g/mol. The summed E-state index contributed by atoms with van der Waals surface area (Å²) in [7, 11) is -3.27. The lowest BCUT2D eigenvalue weighted by molar-refractivity contribution is 0.102. The van der Waals surface area contributed by atoms with Crippen molar-refractivity contribution in [3.63, 3.8) is 0 Å². The van der Waals surface area contributed by atoms with Gasteiger partial charge in [0.05, 0.1) is 16.2 Å². The van der Waals surface area contributed by atoms with Gasteiger partial charge in [-0.15, -0.1) is 0 Å². The molecular weight excluding hydrogens is 460 g/mol. The van der Waals surface area contributed by atoms with Crippen molar-refractivity contribution in [2.45, 2.75) is 21.7 Å². The number of halogens is 1. The summed E-state index contributed by atoms with van der Waals surface area (Å²) in [4.78, 5) is 18.3. The van der Waals surface area contributed by atoms with Crippen LogP contribution in [0.1, 0.15) is 17.3 Å². The van der Waals surface area contributed by atoms with E-state index in [9.17, 15) is 13.2 Å². The Hall–Kier alpha value is -2.16. The molecule has 5 nitrogen and oxygen atoms in total. The van der Waals surface area contributed by atoms with E-state index in [1.165, 1.54) is 23.9 Å². The van der Waals surface area contributed by atoms with E-state index >= 15 is 0 Å². The Morgan fingerprint density at radius 2 is 1.75 bits per heavy atom. The summed E-state index contributed by atoms with van der Waals surface area (Å²) in [5, 5.41) is 3.39. The van der Waals surface area contributed by atoms with E-state index in [1.54, 1.807) is 37.4 Å². The lowest BCUT2D eigenvalue weighted by atomic mass is 10.2. The summed E-state index contributed by atoms with van der Waals surface area (Å²) in [5.41, 5.74) is 0.962. The number of benzene rings is 2. The van der Waals surface area contributed by atoms with Crippen molar-refractivity contribution in [2.75, 3.05) is 11.1 Å². The van der Waals surface area contributed by atoms with Crippen LogP contribution in [-0.4, -0.2) is 25.1 Å². The number of pyridine rings is 1. The highest BCUT2D eigenvalue weighted by Crippen LogP contribution is 2.30. The second kappa shape index (κ2) is 8.89. The van der Waals surface area contributed by atoms with Gasteiger partial charge in [0.2, 0.25) is 0 Å². The predicted octanol–water partition coefficient (Wildman–Crippen LogP) is 5.04. The first-order valence-corrected chi connectivity index (χ1v) is 11.7. The molecular formula is C20H17BrN2O3S2. The standard InChI is InChI=1S/C20H17BrN2O3S2/c1-2-28(25,26)17-11-7-15(8-12-17)23-19(24)18-4-3-13-22-20(18)27-16-9-5-14(21)6-10-16/h3-13H,2H2,1H3,(H,23,24). The Morgan fingerprint density at radius 3 is 2.39 bits per heavy atom. The molecule has 0 atom stereocenters. The summed E-state index contributed by atoms with van der Waals surface area (Å²) in [6, 6.07) is 17.3. The Labute approximate surface area is 176 Å². The largest absolute Gasteiger partial charge is 0.322 e. The molecule has 144 valence electrons. The molecule has 1 N–H and O–H groups in total. The fourth-order valence-electron chi connectivity index (χ4n) is 2.37. The van der Waals surface area contributed by atoms with Gasteiger partial charge in [-0.05, 0) is 60.7 Å². The van der Waals surface area contributed by atoms with Crippen LogP contribution in [0.4, 0.5) is 5.69 Å². The lowest BCUT2D eigenvalue weighted by Gasteiger charge is -2.10. The van der Waals surface area contributed by atoms with Crippen LogP contribution in [0.5, 0.6) is 0 Å². The monoisotopic (exact) mass is 476 g/mol. The zero-order valence-electron chi connectivity index (χ0n) is 14.9. The zero-order valence-corrected chi connectivity index (χ0v) is 18.1. The van der Waals surface area contributed by atoms with E-state index in [0.717, 1.165) is 9.37 Å². The molecule has 1 aromatic heterocycles. The van der Waals surface area contributed by atoms with Gasteiger partial charge in [0.25, 0.3) is 5.91 Å². The molecule has 0 unspecified atom stereocenters. The summed E-state index contributed by atoms with van der Waals surface area (Å²) < 4.78 is 24.8. The van der Waals surface area contributed by atoms with Crippen molar-refractivity contribution in [3.8, 4) is 0 Å². The van der Waals surface area contributed by atoms with Crippen LogP contribution in [0, 0.1) is 0 Å². The Balaban J connectivity index is 1.79. The molecule has 0 aliphatic rings. The minimum absolute atomic E-state index is 0.0328. The SMILES string of the molecule is CCS(=O)(=O)c1ccc(NC(=O)c2cccnc2Sc2ccc(Br)cc2)cc1. The topological polar surface area (TPSA) is 76.1 Å². The first kappa shape index (κ1) is 20.6. The molecule has 0 saturated carbocycles. The molecule has 0 bridgehead atoms. The number of hydrogen-bond acceptors (Lipinski definition) is 5. The minimum atomic E-state index is -3.27. The zero-order chi connectivity index (χ0) is 20.1. The van der Waals surface area contributed by atoms with E-state index < -0.39 is 9.84 Å². The Morgan fingerprint density at radius 1 is 1.07 bits per heavy atom. The highest BCUT2D eigenvalue weighted by atomic mass is 79.9. The van der Waals surface area contributed by atoms with Crippen molar-refractivity contribution >= 4 is 49.1 Å². The molecule has 1 heterocycles. The van der Waals surface area contributed by atoms with Gasteiger partial charge in [-0.3, -0.25) is 4.79 Å². The molecule has 0 aliphatic heterocycles. The molecule has 2 aromatic carbocycles. The summed E-state index contributed by atoms with van der Waals surface area (Å²) in [5.74, 6) is -0.274. The van der Waals surface area contributed by atoms with E-state index in [4.69, 9.17) is 0 Å². The van der Waals surface area contributed by atoms with E-state index in [-0.39, 0.29) is 16.6 Å². The molecule has 3 rings (SSSR count). The average Bonchev–Trinajstić information content (AvgIpc) is 2.70. The number of anilines is 1. The van der Waals surface area contributed by atoms with Crippen molar-refractivity contribution in [1.29, 1.82) is 0 Å². The molecule has 0 fully saturated rings. The van der Waals surface area contributed by atoms with Gasteiger partial charge < -0.3 is 5.32 Å². The van der Waals surface area contributed by atoms with Gasteiger partial charge in [0.15, 0.2) is 9.84 Å². The highest BCUT2D eigenvalue weighted by Gasteiger charge is 2.15. The quantitative estimate of drug-likeness (QED) is 0.538. The van der Waals surface area contributed by atoms with Gasteiger partial charge in [0.1, 0.15) is 5.03 Å². The fourth-order valence-corrected chi connectivity index (χ4v) is 4.40. The van der Waals surface area contributed by atoms with Crippen LogP contribution < -0.4 is 5.32 Å². The number of carbonyl (C=O) groups excluding carboxylic acids is 1. The molecule has 28 heavy (non-hydrogen) atoms. The third-order valence-electron chi connectivity index (χ3n) is 3.90.